The van der Waals surface area contributed by atoms with Crippen molar-refractivity contribution in [3.05, 3.63) is 35.2 Å². The van der Waals surface area contributed by atoms with Gasteiger partial charge >= 0.3 is 5.97 Å². The van der Waals surface area contributed by atoms with Crippen molar-refractivity contribution in [2.24, 2.45) is 7.05 Å². The molecule has 2 aromatic rings. The normalized spacial score (nSPS) is 11.4. The Morgan fingerprint density at radius 1 is 1.26 bits per heavy atom. The first kappa shape index (κ1) is 16.7. The Morgan fingerprint density at radius 2 is 1.96 bits per heavy atom. The molecule has 0 amide bonds. The number of aromatic carboxylic acids is 1. The summed E-state index contributed by atoms with van der Waals surface area (Å²) in [6, 6.07) is 0. The van der Waals surface area contributed by atoms with Gasteiger partial charge in [-0.2, -0.15) is 0 Å². The van der Waals surface area contributed by atoms with Gasteiger partial charge in [0.2, 0.25) is 5.95 Å². The first-order valence-electron chi connectivity index (χ1n) is 7.28. The highest BCUT2D eigenvalue weighted by atomic mass is 16.4. The van der Waals surface area contributed by atoms with Crippen LogP contribution in [0.5, 0.6) is 0 Å². The summed E-state index contributed by atoms with van der Waals surface area (Å²) >= 11 is 0. The third-order valence-corrected chi connectivity index (χ3v) is 3.42. The maximum atomic E-state index is 11.2. The molecule has 0 aliphatic carbocycles. The van der Waals surface area contributed by atoms with Crippen molar-refractivity contribution in [1.29, 1.82) is 0 Å². The minimum absolute atomic E-state index is 0.00768. The van der Waals surface area contributed by atoms with Crippen molar-refractivity contribution in [1.82, 2.24) is 19.5 Å². The summed E-state index contributed by atoms with van der Waals surface area (Å²) in [5.41, 5.74) is 1.59. The second-order valence-corrected chi connectivity index (χ2v) is 5.76. The first-order chi connectivity index (χ1) is 10.8. The van der Waals surface area contributed by atoms with E-state index in [1.54, 1.807) is 12.3 Å². The number of hydrogen-bond acceptors (Lipinski definition) is 5. The molecule has 0 radical (unpaired) electrons. The first-order valence-corrected chi connectivity index (χ1v) is 7.28. The Kier molecular flexibility index (Phi) is 4.78. The van der Waals surface area contributed by atoms with Gasteiger partial charge in [0.15, 0.2) is 5.82 Å². The molecule has 0 aliphatic rings. The summed E-state index contributed by atoms with van der Waals surface area (Å²) in [4.78, 5) is 25.9. The number of hydrogen-bond donors (Lipinski definition) is 1. The summed E-state index contributed by atoms with van der Waals surface area (Å²) in [5, 5.41) is 9.19. The Balaban J connectivity index is 2.33. The maximum absolute atomic E-state index is 11.2. The molecule has 2 heterocycles. The molecule has 0 unspecified atom stereocenters. The smallest absolute Gasteiger partial charge is 0.339 e. The van der Waals surface area contributed by atoms with Crippen LogP contribution in [0.25, 0.3) is 12.2 Å². The topological polar surface area (TPSA) is 84.1 Å². The van der Waals surface area contributed by atoms with Gasteiger partial charge in [0.1, 0.15) is 0 Å². The van der Waals surface area contributed by atoms with Crippen LogP contribution < -0.4 is 4.90 Å². The highest BCUT2D eigenvalue weighted by Gasteiger charge is 2.15. The van der Waals surface area contributed by atoms with E-state index in [1.165, 1.54) is 6.20 Å². The van der Waals surface area contributed by atoms with Crippen LogP contribution in [0.1, 0.15) is 47.3 Å². The molecule has 23 heavy (non-hydrogen) atoms. The molecule has 1 N–H and O–H groups in total. The second kappa shape index (κ2) is 6.60. The van der Waals surface area contributed by atoms with E-state index in [2.05, 4.69) is 15.0 Å². The molecule has 0 spiro atoms. The average Bonchev–Trinajstić information content (AvgIpc) is 2.85. The van der Waals surface area contributed by atoms with Crippen LogP contribution in [0.4, 0.5) is 5.95 Å². The Bertz CT molecular complexity index is 747. The van der Waals surface area contributed by atoms with Crippen molar-refractivity contribution < 1.29 is 9.90 Å². The number of imidazole rings is 1. The second-order valence-electron chi connectivity index (χ2n) is 5.76. The van der Waals surface area contributed by atoms with Gasteiger partial charge in [-0.1, -0.05) is 13.8 Å². The van der Waals surface area contributed by atoms with E-state index in [0.29, 0.717) is 11.5 Å². The minimum atomic E-state index is -1.01. The lowest BCUT2D eigenvalue weighted by Gasteiger charge is -2.11. The maximum Gasteiger partial charge on any atom is 0.339 e. The molecule has 0 aromatic carbocycles. The van der Waals surface area contributed by atoms with Crippen LogP contribution in [0.3, 0.4) is 0 Å². The molecular weight excluding hydrogens is 294 g/mol. The van der Waals surface area contributed by atoms with Crippen molar-refractivity contribution >= 4 is 24.1 Å². The van der Waals surface area contributed by atoms with Crippen molar-refractivity contribution in [2.75, 3.05) is 19.0 Å². The quantitative estimate of drug-likeness (QED) is 0.911. The fourth-order valence-corrected chi connectivity index (χ4v) is 2.24. The van der Waals surface area contributed by atoms with Crippen molar-refractivity contribution in [3.63, 3.8) is 0 Å². The SMILES string of the molecule is CC(C)c1nc(C=Cc2cnc(N(C)C)n2C)ncc1C(=O)O. The van der Waals surface area contributed by atoms with Crippen LogP contribution in [0.15, 0.2) is 12.4 Å². The number of aromatic nitrogens is 4. The summed E-state index contributed by atoms with van der Waals surface area (Å²) < 4.78 is 1.95. The Morgan fingerprint density at radius 3 is 2.48 bits per heavy atom. The molecule has 0 bridgehead atoms. The number of carbonyl (C=O) groups is 1. The van der Waals surface area contributed by atoms with Gasteiger partial charge in [-0.3, -0.25) is 0 Å². The van der Waals surface area contributed by atoms with Gasteiger partial charge in [0, 0.05) is 27.3 Å². The molecule has 0 saturated heterocycles. The molecule has 2 rings (SSSR count). The van der Waals surface area contributed by atoms with Crippen LogP contribution >= 0.6 is 0 Å². The van der Waals surface area contributed by atoms with E-state index >= 15 is 0 Å². The lowest BCUT2D eigenvalue weighted by Crippen LogP contribution is -2.14. The van der Waals surface area contributed by atoms with Gasteiger partial charge < -0.3 is 14.6 Å². The molecule has 7 nitrogen and oxygen atoms in total. The van der Waals surface area contributed by atoms with E-state index in [-0.39, 0.29) is 11.5 Å². The third-order valence-electron chi connectivity index (χ3n) is 3.42. The van der Waals surface area contributed by atoms with Gasteiger partial charge in [-0.25, -0.2) is 19.7 Å². The number of anilines is 1. The fourth-order valence-electron chi connectivity index (χ4n) is 2.24. The van der Waals surface area contributed by atoms with Gasteiger partial charge in [0.25, 0.3) is 0 Å². The van der Waals surface area contributed by atoms with Crippen molar-refractivity contribution in [3.8, 4) is 0 Å². The Labute approximate surface area is 135 Å². The number of carboxylic acid groups (broad SMARTS) is 1. The number of rotatable bonds is 5. The van der Waals surface area contributed by atoms with Crippen LogP contribution in [0.2, 0.25) is 0 Å². The summed E-state index contributed by atoms with van der Waals surface area (Å²) in [7, 11) is 5.78. The van der Waals surface area contributed by atoms with E-state index in [1.807, 2.05) is 50.5 Å². The Hall–Kier alpha value is -2.70. The van der Waals surface area contributed by atoms with Crippen LogP contribution in [0, 0.1) is 0 Å². The van der Waals surface area contributed by atoms with E-state index in [0.717, 1.165) is 11.6 Å². The van der Waals surface area contributed by atoms with E-state index in [4.69, 9.17) is 0 Å². The molecule has 0 atom stereocenters. The molecule has 0 saturated carbocycles. The zero-order chi connectivity index (χ0) is 17.1. The lowest BCUT2D eigenvalue weighted by atomic mass is 10.1. The largest absolute Gasteiger partial charge is 0.478 e. The molecule has 7 heteroatoms. The highest BCUT2D eigenvalue weighted by Crippen LogP contribution is 2.18. The van der Waals surface area contributed by atoms with Crippen LogP contribution in [-0.4, -0.2) is 44.7 Å². The van der Waals surface area contributed by atoms with E-state index in [9.17, 15) is 9.90 Å². The van der Waals surface area contributed by atoms with Gasteiger partial charge in [0.05, 0.1) is 23.1 Å². The molecule has 2 aromatic heterocycles. The highest BCUT2D eigenvalue weighted by molar-refractivity contribution is 5.88. The summed E-state index contributed by atoms with van der Waals surface area (Å²) in [5.74, 6) is 0.320. The zero-order valence-electron chi connectivity index (χ0n) is 14.0. The predicted molar refractivity (Wildman–Crippen MR) is 89.5 cm³/mol. The summed E-state index contributed by atoms with van der Waals surface area (Å²) in [6.45, 7) is 3.82. The fraction of sp³-hybridized carbons (Fsp3) is 0.375. The third kappa shape index (κ3) is 3.56. The van der Waals surface area contributed by atoms with Gasteiger partial charge in [-0.15, -0.1) is 0 Å². The van der Waals surface area contributed by atoms with Crippen molar-refractivity contribution in [2.45, 2.75) is 19.8 Å². The average molecular weight is 315 g/mol. The lowest BCUT2D eigenvalue weighted by molar-refractivity contribution is 0.0694. The molecule has 0 aliphatic heterocycles. The van der Waals surface area contributed by atoms with E-state index < -0.39 is 5.97 Å². The monoisotopic (exact) mass is 315 g/mol. The summed E-state index contributed by atoms with van der Waals surface area (Å²) in [6.07, 6.45) is 6.74. The molecular formula is C16H21N5O2. The number of carboxylic acids is 1. The zero-order valence-corrected chi connectivity index (χ0v) is 14.0. The predicted octanol–water partition coefficient (Wildman–Crippen LogP) is 2.27. The van der Waals surface area contributed by atoms with Gasteiger partial charge in [-0.05, 0) is 18.1 Å². The molecule has 0 fully saturated rings. The number of nitrogens with zero attached hydrogens (tertiary/aromatic N) is 5. The molecule has 122 valence electrons. The minimum Gasteiger partial charge on any atom is -0.478 e. The van der Waals surface area contributed by atoms with Crippen LogP contribution in [-0.2, 0) is 7.05 Å². The standard InChI is InChI=1S/C16H21N5O2/c1-10(2)14-12(15(22)23)9-17-13(19-14)7-6-11-8-18-16(20(3)4)21(11)5/h6-10H,1-5H3,(H,22,23).